The molecule has 136 valence electrons. The lowest BCUT2D eigenvalue weighted by atomic mass is 10.1. The number of benzene rings is 1. The fourth-order valence-electron chi connectivity index (χ4n) is 2.42. The van der Waals surface area contributed by atoms with Crippen LogP contribution in [-0.4, -0.2) is 30.7 Å². The van der Waals surface area contributed by atoms with Gasteiger partial charge in [0.2, 0.25) is 0 Å². The van der Waals surface area contributed by atoms with Crippen LogP contribution in [0.4, 0.5) is 10.2 Å². The van der Waals surface area contributed by atoms with Crippen LogP contribution in [0.1, 0.15) is 21.0 Å². The first kappa shape index (κ1) is 18.0. The van der Waals surface area contributed by atoms with Crippen LogP contribution < -0.4 is 5.32 Å². The number of methoxy groups -OCH3 is 1. The molecule has 2 aromatic heterocycles. The van der Waals surface area contributed by atoms with Crippen molar-refractivity contribution in [2.24, 2.45) is 0 Å². The fraction of sp³-hybridized carbons (Fsp3) is 0.235. The quantitative estimate of drug-likeness (QED) is 0.662. The molecule has 26 heavy (non-hydrogen) atoms. The number of carbonyl (C=O) groups excluding carboxylic acids is 2. The minimum absolute atomic E-state index is 0.0514. The highest BCUT2D eigenvalue weighted by atomic mass is 32.1. The van der Waals surface area contributed by atoms with Crippen LogP contribution in [-0.2, 0) is 20.9 Å². The van der Waals surface area contributed by atoms with Gasteiger partial charge in [0.25, 0.3) is 5.91 Å². The van der Waals surface area contributed by atoms with Crippen molar-refractivity contribution in [3.63, 3.8) is 0 Å². The average Bonchev–Trinajstić information content (AvgIpc) is 3.18. The van der Waals surface area contributed by atoms with E-state index < -0.39 is 24.3 Å². The van der Waals surface area contributed by atoms with Crippen molar-refractivity contribution in [1.82, 2.24) is 5.16 Å². The van der Waals surface area contributed by atoms with Gasteiger partial charge < -0.3 is 19.3 Å². The second-order valence-corrected chi connectivity index (χ2v) is 6.46. The van der Waals surface area contributed by atoms with E-state index in [2.05, 4.69) is 10.5 Å². The number of hydrogen-bond acceptors (Lipinski definition) is 7. The molecule has 0 aliphatic rings. The van der Waals surface area contributed by atoms with E-state index in [1.165, 1.54) is 19.2 Å². The Morgan fingerprint density at radius 2 is 2.19 bits per heavy atom. The predicted molar refractivity (Wildman–Crippen MR) is 92.6 cm³/mol. The summed E-state index contributed by atoms with van der Waals surface area (Å²) in [5.41, 5.74) is 0.406. The lowest BCUT2D eigenvalue weighted by Crippen LogP contribution is -2.21. The lowest BCUT2D eigenvalue weighted by molar-refractivity contribution is -0.119. The molecule has 0 fully saturated rings. The smallest absolute Gasteiger partial charge is 0.349 e. The van der Waals surface area contributed by atoms with Gasteiger partial charge in [-0.05, 0) is 19.1 Å². The van der Waals surface area contributed by atoms with E-state index in [-0.39, 0.29) is 17.3 Å². The Morgan fingerprint density at radius 3 is 2.88 bits per heavy atom. The molecule has 0 aliphatic carbocycles. The van der Waals surface area contributed by atoms with Crippen molar-refractivity contribution in [2.75, 3.05) is 19.0 Å². The van der Waals surface area contributed by atoms with Gasteiger partial charge in [-0.1, -0.05) is 11.2 Å². The molecule has 0 unspecified atom stereocenters. The highest BCUT2D eigenvalue weighted by molar-refractivity contribution is 7.21. The molecule has 0 aliphatic heterocycles. The lowest BCUT2D eigenvalue weighted by Gasteiger charge is -2.05. The first-order valence-corrected chi connectivity index (χ1v) is 8.40. The van der Waals surface area contributed by atoms with Crippen LogP contribution in [0.15, 0.2) is 28.8 Å². The van der Waals surface area contributed by atoms with Crippen molar-refractivity contribution < 1.29 is 28.0 Å². The zero-order chi connectivity index (χ0) is 18.7. The van der Waals surface area contributed by atoms with Gasteiger partial charge in [-0.15, -0.1) is 11.3 Å². The summed E-state index contributed by atoms with van der Waals surface area (Å²) in [5, 5.41) is 6.38. The maximum atomic E-state index is 14.1. The third kappa shape index (κ3) is 3.73. The average molecular weight is 378 g/mol. The third-order valence-electron chi connectivity index (χ3n) is 3.47. The highest BCUT2D eigenvalue weighted by Gasteiger charge is 2.22. The van der Waals surface area contributed by atoms with Crippen LogP contribution >= 0.6 is 11.3 Å². The van der Waals surface area contributed by atoms with Crippen LogP contribution in [0.5, 0.6) is 0 Å². The monoisotopic (exact) mass is 378 g/mol. The second kappa shape index (κ2) is 7.63. The van der Waals surface area contributed by atoms with Crippen LogP contribution in [0.2, 0.25) is 0 Å². The topological polar surface area (TPSA) is 90.7 Å². The minimum Gasteiger partial charge on any atom is -0.451 e. The molecule has 0 radical (unpaired) electrons. The predicted octanol–water partition coefficient (Wildman–Crippen LogP) is 3.28. The molecule has 7 nitrogen and oxygen atoms in total. The number of nitrogens with one attached hydrogen (secondary N) is 1. The number of halogens is 1. The Morgan fingerprint density at radius 1 is 1.38 bits per heavy atom. The summed E-state index contributed by atoms with van der Waals surface area (Å²) in [7, 11) is 1.45. The molecule has 9 heteroatoms. The summed E-state index contributed by atoms with van der Waals surface area (Å²) in [6, 6.07) is 6.12. The van der Waals surface area contributed by atoms with E-state index in [1.54, 1.807) is 19.1 Å². The van der Waals surface area contributed by atoms with Gasteiger partial charge in [0, 0.05) is 28.8 Å². The van der Waals surface area contributed by atoms with Crippen molar-refractivity contribution in [1.29, 1.82) is 0 Å². The number of hydrogen-bond donors (Lipinski definition) is 1. The standard InChI is InChI=1S/C17H15FN2O5S/c1-9-6-13(20-25-9)19-14(21)8-24-17(22)16-10(7-23-2)15-11(18)4-3-5-12(15)26-16/h3-6H,7-8H2,1-2H3,(H,19,20,21). The van der Waals surface area contributed by atoms with E-state index in [0.29, 0.717) is 21.4 Å². The summed E-state index contributed by atoms with van der Waals surface area (Å²) in [4.78, 5) is 24.4. The molecular weight excluding hydrogens is 363 g/mol. The number of thiophene rings is 1. The van der Waals surface area contributed by atoms with Crippen LogP contribution in [0, 0.1) is 12.7 Å². The Kier molecular flexibility index (Phi) is 5.29. The molecule has 2 heterocycles. The number of nitrogens with zero attached hydrogens (tertiary/aromatic N) is 1. The number of aromatic nitrogens is 1. The normalized spacial score (nSPS) is 10.9. The number of aryl methyl sites for hydroxylation is 1. The molecule has 0 bridgehead atoms. The van der Waals surface area contributed by atoms with E-state index in [0.717, 1.165) is 11.3 Å². The molecule has 0 saturated carbocycles. The Hall–Kier alpha value is -2.78. The molecule has 0 saturated heterocycles. The minimum atomic E-state index is -0.718. The molecule has 0 atom stereocenters. The molecule has 1 amide bonds. The van der Waals surface area contributed by atoms with Gasteiger partial charge in [-0.25, -0.2) is 9.18 Å². The van der Waals surface area contributed by atoms with Crippen molar-refractivity contribution in [3.05, 3.63) is 46.3 Å². The van der Waals surface area contributed by atoms with Gasteiger partial charge >= 0.3 is 5.97 Å². The maximum absolute atomic E-state index is 14.1. The summed E-state index contributed by atoms with van der Waals surface area (Å²) in [6.07, 6.45) is 0. The SMILES string of the molecule is COCc1c(C(=O)OCC(=O)Nc2cc(C)on2)sc2cccc(F)c12. The number of anilines is 1. The molecule has 1 aromatic carbocycles. The maximum Gasteiger partial charge on any atom is 0.349 e. The van der Waals surface area contributed by atoms with Gasteiger partial charge in [0.15, 0.2) is 12.4 Å². The molecule has 3 aromatic rings. The van der Waals surface area contributed by atoms with Crippen LogP contribution in [0.25, 0.3) is 10.1 Å². The van der Waals surface area contributed by atoms with Crippen molar-refractivity contribution in [2.45, 2.75) is 13.5 Å². The number of carbonyl (C=O) groups is 2. The Bertz CT molecular complexity index is 965. The van der Waals surface area contributed by atoms with Gasteiger partial charge in [0.1, 0.15) is 16.5 Å². The second-order valence-electron chi connectivity index (χ2n) is 5.40. The molecule has 0 spiro atoms. The largest absolute Gasteiger partial charge is 0.451 e. The summed E-state index contributed by atoms with van der Waals surface area (Å²) >= 11 is 1.09. The van der Waals surface area contributed by atoms with E-state index in [9.17, 15) is 14.0 Å². The van der Waals surface area contributed by atoms with Crippen molar-refractivity contribution >= 4 is 39.1 Å². The first-order valence-electron chi connectivity index (χ1n) is 7.58. The van der Waals surface area contributed by atoms with E-state index in [1.807, 2.05) is 0 Å². The summed E-state index contributed by atoms with van der Waals surface area (Å²) in [5.74, 6) is -0.957. The summed E-state index contributed by atoms with van der Waals surface area (Å²) < 4.78 is 29.7. The number of rotatable bonds is 6. The highest BCUT2D eigenvalue weighted by Crippen LogP contribution is 2.34. The van der Waals surface area contributed by atoms with Gasteiger partial charge in [-0.2, -0.15) is 0 Å². The van der Waals surface area contributed by atoms with Crippen molar-refractivity contribution in [3.8, 4) is 0 Å². The Balaban J connectivity index is 1.74. The van der Waals surface area contributed by atoms with E-state index in [4.69, 9.17) is 14.0 Å². The molecular formula is C17H15FN2O5S. The summed E-state index contributed by atoms with van der Waals surface area (Å²) in [6.45, 7) is 1.23. The Labute approximate surface area is 151 Å². The zero-order valence-corrected chi connectivity index (χ0v) is 14.8. The molecule has 3 rings (SSSR count). The molecule has 1 N–H and O–H groups in total. The number of amides is 1. The first-order chi connectivity index (χ1) is 12.5. The van der Waals surface area contributed by atoms with Gasteiger partial charge in [-0.3, -0.25) is 4.79 Å². The number of fused-ring (bicyclic) bond motifs is 1. The zero-order valence-electron chi connectivity index (χ0n) is 14.0. The van der Waals surface area contributed by atoms with Gasteiger partial charge in [0.05, 0.1) is 6.61 Å². The number of esters is 1. The third-order valence-corrected chi connectivity index (χ3v) is 4.64. The van der Waals surface area contributed by atoms with E-state index >= 15 is 0 Å². The van der Waals surface area contributed by atoms with Crippen LogP contribution in [0.3, 0.4) is 0 Å². The number of ether oxygens (including phenoxy) is 2. The fourth-order valence-corrected chi connectivity index (χ4v) is 3.53.